The summed E-state index contributed by atoms with van der Waals surface area (Å²) in [5.74, 6) is -0.578. The number of anilines is 1. The Morgan fingerprint density at radius 3 is 2.33 bits per heavy atom. The fourth-order valence-electron chi connectivity index (χ4n) is 2.40. The van der Waals surface area contributed by atoms with Gasteiger partial charge in [-0.15, -0.1) is 0 Å². The van der Waals surface area contributed by atoms with E-state index in [0.717, 1.165) is 11.1 Å². The third kappa shape index (κ3) is 6.19. The number of aryl methyl sites for hydroxylation is 2. The van der Waals surface area contributed by atoms with Crippen LogP contribution in [-0.4, -0.2) is 47.7 Å². The van der Waals surface area contributed by atoms with Crippen LogP contribution in [0.3, 0.4) is 0 Å². The summed E-state index contributed by atoms with van der Waals surface area (Å²) >= 11 is 0. The van der Waals surface area contributed by atoms with Crippen LogP contribution in [0.4, 0.5) is 5.69 Å². The SMILES string of the molecule is COc1ccc(NC(=O)COC(=O)CNS(=O)(=O)c2ccc(C)c(C)c2)c(OC)c1. The Balaban J connectivity index is 1.87. The van der Waals surface area contributed by atoms with Crippen molar-refractivity contribution in [3.05, 3.63) is 47.5 Å². The van der Waals surface area contributed by atoms with Crippen LogP contribution in [0.1, 0.15) is 11.1 Å². The number of rotatable bonds is 9. The molecule has 0 bridgehead atoms. The summed E-state index contributed by atoms with van der Waals surface area (Å²) in [5.41, 5.74) is 2.13. The van der Waals surface area contributed by atoms with Gasteiger partial charge in [0, 0.05) is 6.07 Å². The van der Waals surface area contributed by atoms with Crippen LogP contribution in [0.25, 0.3) is 0 Å². The average molecular weight is 436 g/mol. The number of hydrogen-bond acceptors (Lipinski definition) is 7. The van der Waals surface area contributed by atoms with E-state index in [9.17, 15) is 18.0 Å². The zero-order valence-corrected chi connectivity index (χ0v) is 18.0. The normalized spacial score (nSPS) is 10.9. The lowest BCUT2D eigenvalue weighted by Gasteiger charge is -2.12. The molecule has 0 aromatic heterocycles. The topological polar surface area (TPSA) is 120 Å². The molecule has 162 valence electrons. The van der Waals surface area contributed by atoms with Gasteiger partial charge in [-0.05, 0) is 49.2 Å². The molecule has 2 N–H and O–H groups in total. The van der Waals surface area contributed by atoms with E-state index in [2.05, 4.69) is 10.0 Å². The first-order valence-corrected chi connectivity index (χ1v) is 10.4. The second-order valence-electron chi connectivity index (χ2n) is 6.35. The van der Waals surface area contributed by atoms with Crippen molar-refractivity contribution in [1.82, 2.24) is 4.72 Å². The summed E-state index contributed by atoms with van der Waals surface area (Å²) in [4.78, 5) is 23.9. The fourth-order valence-corrected chi connectivity index (χ4v) is 3.46. The van der Waals surface area contributed by atoms with Gasteiger partial charge < -0.3 is 19.5 Å². The monoisotopic (exact) mass is 436 g/mol. The van der Waals surface area contributed by atoms with E-state index in [1.54, 1.807) is 31.2 Å². The molecule has 9 nitrogen and oxygen atoms in total. The largest absolute Gasteiger partial charge is 0.497 e. The summed E-state index contributed by atoms with van der Waals surface area (Å²) in [7, 11) is -0.940. The summed E-state index contributed by atoms with van der Waals surface area (Å²) in [5, 5.41) is 2.54. The molecule has 2 rings (SSSR count). The molecule has 1 amide bonds. The highest BCUT2D eigenvalue weighted by molar-refractivity contribution is 7.89. The van der Waals surface area contributed by atoms with Gasteiger partial charge in [0.25, 0.3) is 5.91 Å². The maximum Gasteiger partial charge on any atom is 0.321 e. The lowest BCUT2D eigenvalue weighted by molar-refractivity contribution is -0.146. The van der Waals surface area contributed by atoms with E-state index in [4.69, 9.17) is 14.2 Å². The van der Waals surface area contributed by atoms with Gasteiger partial charge in [-0.3, -0.25) is 9.59 Å². The Morgan fingerprint density at radius 2 is 1.70 bits per heavy atom. The van der Waals surface area contributed by atoms with Crippen LogP contribution in [0, 0.1) is 13.8 Å². The number of sulfonamides is 1. The van der Waals surface area contributed by atoms with Crippen molar-refractivity contribution in [3.63, 3.8) is 0 Å². The van der Waals surface area contributed by atoms with Gasteiger partial charge in [-0.25, -0.2) is 8.42 Å². The second kappa shape index (κ2) is 10.1. The molecule has 0 radical (unpaired) electrons. The minimum absolute atomic E-state index is 0.0442. The van der Waals surface area contributed by atoms with Crippen LogP contribution in [0.2, 0.25) is 0 Å². The van der Waals surface area contributed by atoms with Crippen LogP contribution in [0.15, 0.2) is 41.3 Å². The smallest absolute Gasteiger partial charge is 0.321 e. The van der Waals surface area contributed by atoms with Crippen LogP contribution in [-0.2, 0) is 24.3 Å². The van der Waals surface area contributed by atoms with Gasteiger partial charge in [-0.2, -0.15) is 4.72 Å². The molecule has 0 unspecified atom stereocenters. The Bertz CT molecular complexity index is 1040. The zero-order chi connectivity index (χ0) is 22.3. The third-order valence-electron chi connectivity index (χ3n) is 4.24. The number of nitrogens with one attached hydrogen (secondary N) is 2. The highest BCUT2D eigenvalue weighted by atomic mass is 32.2. The van der Waals surface area contributed by atoms with Crippen molar-refractivity contribution in [1.29, 1.82) is 0 Å². The summed E-state index contributed by atoms with van der Waals surface area (Å²) in [6.45, 7) is 2.47. The number of methoxy groups -OCH3 is 2. The Morgan fingerprint density at radius 1 is 0.967 bits per heavy atom. The number of esters is 1. The predicted octanol–water partition coefficient (Wildman–Crippen LogP) is 1.78. The van der Waals surface area contributed by atoms with Gasteiger partial charge in [0.1, 0.15) is 18.0 Å². The third-order valence-corrected chi connectivity index (χ3v) is 5.64. The molecule has 0 heterocycles. The molecule has 0 aliphatic carbocycles. The lowest BCUT2D eigenvalue weighted by Crippen LogP contribution is -2.32. The molecule has 0 spiro atoms. The van der Waals surface area contributed by atoms with Gasteiger partial charge in [0.05, 0.1) is 24.8 Å². The predicted molar refractivity (Wildman–Crippen MR) is 110 cm³/mol. The minimum atomic E-state index is -3.88. The number of carbonyl (C=O) groups is 2. The van der Waals surface area contributed by atoms with Crippen molar-refractivity contribution >= 4 is 27.6 Å². The quantitative estimate of drug-likeness (QED) is 0.575. The molecule has 0 fully saturated rings. The van der Waals surface area contributed by atoms with Crippen LogP contribution >= 0.6 is 0 Å². The molecule has 10 heteroatoms. The van der Waals surface area contributed by atoms with Crippen LogP contribution in [0.5, 0.6) is 11.5 Å². The fraction of sp³-hybridized carbons (Fsp3) is 0.300. The zero-order valence-electron chi connectivity index (χ0n) is 17.1. The molecular weight excluding hydrogens is 412 g/mol. The molecule has 0 atom stereocenters. The highest BCUT2D eigenvalue weighted by Gasteiger charge is 2.17. The first kappa shape index (κ1) is 23.2. The minimum Gasteiger partial charge on any atom is -0.497 e. The molecule has 0 saturated heterocycles. The first-order chi connectivity index (χ1) is 14.2. The van der Waals surface area contributed by atoms with Crippen molar-refractivity contribution in [3.8, 4) is 11.5 Å². The maximum atomic E-state index is 12.3. The second-order valence-corrected chi connectivity index (χ2v) is 8.11. The van der Waals surface area contributed by atoms with E-state index < -0.39 is 35.1 Å². The van der Waals surface area contributed by atoms with E-state index in [1.807, 2.05) is 6.92 Å². The number of carbonyl (C=O) groups excluding carboxylic acids is 2. The molecule has 0 aliphatic rings. The van der Waals surface area contributed by atoms with E-state index in [1.165, 1.54) is 26.4 Å². The molecule has 30 heavy (non-hydrogen) atoms. The van der Waals surface area contributed by atoms with E-state index >= 15 is 0 Å². The number of benzene rings is 2. The number of ether oxygens (including phenoxy) is 3. The van der Waals surface area contributed by atoms with Crippen molar-refractivity contribution in [2.24, 2.45) is 0 Å². The lowest BCUT2D eigenvalue weighted by atomic mass is 10.1. The van der Waals surface area contributed by atoms with Gasteiger partial charge >= 0.3 is 5.97 Å². The van der Waals surface area contributed by atoms with Gasteiger partial charge in [0.2, 0.25) is 10.0 Å². The molecule has 2 aromatic rings. The molecule has 0 saturated carbocycles. The van der Waals surface area contributed by atoms with Crippen molar-refractivity contribution in [2.75, 3.05) is 32.7 Å². The average Bonchev–Trinajstić information content (AvgIpc) is 2.73. The first-order valence-electron chi connectivity index (χ1n) is 8.90. The number of amides is 1. The summed E-state index contributed by atoms with van der Waals surface area (Å²) in [6.07, 6.45) is 0. The Hall–Kier alpha value is -3.11. The Labute approximate surface area is 175 Å². The van der Waals surface area contributed by atoms with E-state index in [-0.39, 0.29) is 4.90 Å². The Kier molecular flexibility index (Phi) is 7.79. The maximum absolute atomic E-state index is 12.3. The molecule has 2 aromatic carbocycles. The van der Waals surface area contributed by atoms with E-state index in [0.29, 0.717) is 17.2 Å². The highest BCUT2D eigenvalue weighted by Crippen LogP contribution is 2.28. The van der Waals surface area contributed by atoms with Gasteiger partial charge in [-0.1, -0.05) is 6.07 Å². The summed E-state index contributed by atoms with van der Waals surface area (Å²) in [6, 6.07) is 9.44. The molecular formula is C20H24N2O7S. The molecule has 0 aliphatic heterocycles. The number of hydrogen-bond donors (Lipinski definition) is 2. The van der Waals surface area contributed by atoms with Crippen molar-refractivity contribution in [2.45, 2.75) is 18.7 Å². The van der Waals surface area contributed by atoms with Crippen LogP contribution < -0.4 is 19.5 Å². The summed E-state index contributed by atoms with van der Waals surface area (Å²) < 4.78 is 41.8. The van der Waals surface area contributed by atoms with Crippen molar-refractivity contribution < 1.29 is 32.2 Å². The standard InChI is InChI=1S/C20H24N2O7S/c1-13-5-7-16(9-14(13)2)30(25,26)21-11-20(24)29-12-19(23)22-17-8-6-15(27-3)10-18(17)28-4/h5-10,21H,11-12H2,1-4H3,(H,22,23). The van der Waals surface area contributed by atoms with Gasteiger partial charge in [0.15, 0.2) is 6.61 Å².